The number of ether oxygens (including phenoxy) is 1. The van der Waals surface area contributed by atoms with Crippen LogP contribution >= 0.6 is 0 Å². The van der Waals surface area contributed by atoms with Crippen molar-refractivity contribution < 1.29 is 4.74 Å². The van der Waals surface area contributed by atoms with Gasteiger partial charge in [0.25, 0.3) is 0 Å². The molecule has 1 nitrogen and oxygen atoms in total. The highest BCUT2D eigenvalue weighted by atomic mass is 16.5. The van der Waals surface area contributed by atoms with Crippen molar-refractivity contribution in [3.05, 3.63) is 48.6 Å². The van der Waals surface area contributed by atoms with Gasteiger partial charge in [-0.15, -0.1) is 0 Å². The minimum atomic E-state index is 0.303. The third-order valence-electron chi connectivity index (χ3n) is 3.24. The zero-order valence-electron chi connectivity index (χ0n) is 8.04. The van der Waals surface area contributed by atoms with E-state index >= 15 is 0 Å². The second-order valence-electron chi connectivity index (χ2n) is 4.17. The summed E-state index contributed by atoms with van der Waals surface area (Å²) in [5.41, 5.74) is 0. The highest BCUT2D eigenvalue weighted by Gasteiger charge is 2.34. The van der Waals surface area contributed by atoms with Gasteiger partial charge in [-0.2, -0.15) is 0 Å². The van der Waals surface area contributed by atoms with Crippen molar-refractivity contribution in [2.24, 2.45) is 11.8 Å². The van der Waals surface area contributed by atoms with Crippen LogP contribution in [-0.4, -0.2) is 12.2 Å². The summed E-state index contributed by atoms with van der Waals surface area (Å²) in [5.74, 6) is 1.16. The lowest BCUT2D eigenvalue weighted by Gasteiger charge is -2.39. The van der Waals surface area contributed by atoms with Gasteiger partial charge in [0.2, 0.25) is 0 Å². The molecule has 0 radical (unpaired) electrons. The largest absolute Gasteiger partial charge is 0.366 e. The van der Waals surface area contributed by atoms with Gasteiger partial charge in [-0.25, -0.2) is 0 Å². The molecule has 4 atom stereocenters. The molecule has 2 aliphatic carbocycles. The Morgan fingerprint density at radius 1 is 0.714 bits per heavy atom. The van der Waals surface area contributed by atoms with Crippen molar-refractivity contribution in [1.82, 2.24) is 0 Å². The SMILES string of the molecule is C1=CC2CC3C=CC=CC3OC2C=C1. The monoisotopic (exact) mass is 186 g/mol. The van der Waals surface area contributed by atoms with Crippen LogP contribution < -0.4 is 0 Å². The first-order valence-electron chi connectivity index (χ1n) is 5.29. The first-order valence-corrected chi connectivity index (χ1v) is 5.29. The molecule has 0 aromatic carbocycles. The van der Waals surface area contributed by atoms with Crippen LogP contribution in [0.3, 0.4) is 0 Å². The lowest BCUT2D eigenvalue weighted by atomic mass is 9.80. The maximum absolute atomic E-state index is 6.02. The van der Waals surface area contributed by atoms with Gasteiger partial charge in [0.15, 0.2) is 0 Å². The van der Waals surface area contributed by atoms with Gasteiger partial charge in [0, 0.05) is 11.8 Å². The van der Waals surface area contributed by atoms with Crippen molar-refractivity contribution in [3.8, 4) is 0 Å². The maximum Gasteiger partial charge on any atom is 0.0830 e. The molecule has 14 heavy (non-hydrogen) atoms. The normalized spacial score (nSPS) is 43.4. The van der Waals surface area contributed by atoms with E-state index in [1.807, 2.05) is 0 Å². The van der Waals surface area contributed by atoms with Crippen LogP contribution in [0, 0.1) is 11.8 Å². The van der Waals surface area contributed by atoms with Gasteiger partial charge in [-0.3, -0.25) is 0 Å². The lowest BCUT2D eigenvalue weighted by Crippen LogP contribution is -2.39. The molecule has 0 amide bonds. The fourth-order valence-electron chi connectivity index (χ4n) is 2.48. The minimum Gasteiger partial charge on any atom is -0.366 e. The van der Waals surface area contributed by atoms with Crippen LogP contribution in [0.4, 0.5) is 0 Å². The molecule has 72 valence electrons. The summed E-state index contributed by atoms with van der Waals surface area (Å²) < 4.78 is 6.02. The van der Waals surface area contributed by atoms with Crippen molar-refractivity contribution in [3.63, 3.8) is 0 Å². The summed E-state index contributed by atoms with van der Waals surface area (Å²) in [7, 11) is 0. The summed E-state index contributed by atoms with van der Waals surface area (Å²) in [5, 5.41) is 0. The zero-order valence-corrected chi connectivity index (χ0v) is 8.04. The van der Waals surface area contributed by atoms with Gasteiger partial charge in [-0.05, 0) is 6.42 Å². The third kappa shape index (κ3) is 1.28. The smallest absolute Gasteiger partial charge is 0.0830 e. The standard InChI is InChI=1S/C13H14O/c1-3-7-12-10(5-1)9-11-6-2-4-8-13(11)14-12/h1-8,10-13H,9H2. The van der Waals surface area contributed by atoms with E-state index in [1.165, 1.54) is 6.42 Å². The molecule has 3 aliphatic rings. The minimum absolute atomic E-state index is 0.303. The van der Waals surface area contributed by atoms with Crippen LogP contribution in [0.1, 0.15) is 6.42 Å². The van der Waals surface area contributed by atoms with Gasteiger partial charge < -0.3 is 4.74 Å². The number of fused-ring (bicyclic) bond motifs is 2. The Kier molecular flexibility index (Phi) is 1.91. The number of rotatable bonds is 0. The molecule has 1 heterocycles. The Balaban J connectivity index is 1.83. The highest BCUT2D eigenvalue weighted by Crippen LogP contribution is 2.35. The van der Waals surface area contributed by atoms with Crippen LogP contribution in [0.2, 0.25) is 0 Å². The quantitative estimate of drug-likeness (QED) is 0.565. The Morgan fingerprint density at radius 3 is 1.79 bits per heavy atom. The van der Waals surface area contributed by atoms with Crippen molar-refractivity contribution in [2.75, 3.05) is 0 Å². The zero-order chi connectivity index (χ0) is 9.38. The Labute approximate surface area is 84.5 Å². The summed E-state index contributed by atoms with van der Waals surface area (Å²) in [6.45, 7) is 0. The fourth-order valence-corrected chi connectivity index (χ4v) is 2.48. The van der Waals surface area contributed by atoms with Gasteiger partial charge in [-0.1, -0.05) is 48.6 Å². The fraction of sp³-hybridized carbons (Fsp3) is 0.385. The number of allylic oxidation sites excluding steroid dienone is 4. The molecule has 1 aliphatic heterocycles. The molecule has 0 N–H and O–H groups in total. The molecule has 0 bridgehead atoms. The molecule has 0 spiro atoms. The van der Waals surface area contributed by atoms with E-state index in [2.05, 4.69) is 48.6 Å². The Hall–Kier alpha value is -1.08. The van der Waals surface area contributed by atoms with E-state index in [9.17, 15) is 0 Å². The average molecular weight is 186 g/mol. The highest BCUT2D eigenvalue weighted by molar-refractivity contribution is 5.22. The first-order chi connectivity index (χ1) is 6.93. The third-order valence-corrected chi connectivity index (χ3v) is 3.24. The molecule has 1 heteroatoms. The van der Waals surface area contributed by atoms with Crippen LogP contribution in [-0.2, 0) is 4.74 Å². The van der Waals surface area contributed by atoms with E-state index < -0.39 is 0 Å². The van der Waals surface area contributed by atoms with E-state index in [1.54, 1.807) is 0 Å². The number of hydrogen-bond donors (Lipinski definition) is 0. The summed E-state index contributed by atoms with van der Waals surface area (Å²) in [6.07, 6.45) is 19.2. The predicted octanol–water partition coefficient (Wildman–Crippen LogP) is 2.63. The summed E-state index contributed by atoms with van der Waals surface area (Å²) >= 11 is 0. The van der Waals surface area contributed by atoms with E-state index in [0.717, 1.165) is 0 Å². The van der Waals surface area contributed by atoms with Crippen molar-refractivity contribution >= 4 is 0 Å². The molecule has 4 unspecified atom stereocenters. The maximum atomic E-state index is 6.02. The molecule has 1 fully saturated rings. The summed E-state index contributed by atoms with van der Waals surface area (Å²) in [6, 6.07) is 0. The van der Waals surface area contributed by atoms with Crippen LogP contribution in [0.15, 0.2) is 48.6 Å². The van der Waals surface area contributed by atoms with Gasteiger partial charge >= 0.3 is 0 Å². The molecular weight excluding hydrogens is 172 g/mol. The Bertz CT molecular complexity index is 269. The number of hydrogen-bond acceptors (Lipinski definition) is 1. The topological polar surface area (TPSA) is 9.23 Å². The molecule has 0 aromatic heterocycles. The molecule has 0 aromatic rings. The second-order valence-corrected chi connectivity index (χ2v) is 4.17. The Morgan fingerprint density at radius 2 is 1.21 bits per heavy atom. The van der Waals surface area contributed by atoms with Crippen LogP contribution in [0.25, 0.3) is 0 Å². The molecular formula is C13H14O. The predicted molar refractivity (Wildman–Crippen MR) is 56.8 cm³/mol. The first kappa shape index (κ1) is 8.25. The van der Waals surface area contributed by atoms with E-state index in [4.69, 9.17) is 4.74 Å². The van der Waals surface area contributed by atoms with Crippen molar-refractivity contribution in [2.45, 2.75) is 18.6 Å². The van der Waals surface area contributed by atoms with E-state index in [-0.39, 0.29) is 0 Å². The molecule has 0 saturated carbocycles. The summed E-state index contributed by atoms with van der Waals surface area (Å²) in [4.78, 5) is 0. The van der Waals surface area contributed by atoms with E-state index in [0.29, 0.717) is 24.0 Å². The molecule has 1 saturated heterocycles. The average Bonchev–Trinajstić information content (AvgIpc) is 2.26. The van der Waals surface area contributed by atoms with Crippen molar-refractivity contribution in [1.29, 1.82) is 0 Å². The van der Waals surface area contributed by atoms with Crippen LogP contribution in [0.5, 0.6) is 0 Å². The van der Waals surface area contributed by atoms with Gasteiger partial charge in [0.1, 0.15) is 0 Å². The lowest BCUT2D eigenvalue weighted by molar-refractivity contribution is -0.0461. The molecule has 3 rings (SSSR count). The second kappa shape index (κ2) is 3.25. The van der Waals surface area contributed by atoms with Gasteiger partial charge in [0.05, 0.1) is 12.2 Å².